The predicted molar refractivity (Wildman–Crippen MR) is 97.3 cm³/mol. The van der Waals surface area contributed by atoms with Gasteiger partial charge in [-0.05, 0) is 47.9 Å². The summed E-state index contributed by atoms with van der Waals surface area (Å²) in [6, 6.07) is 14.0. The van der Waals surface area contributed by atoms with Crippen molar-refractivity contribution in [1.29, 1.82) is 0 Å². The van der Waals surface area contributed by atoms with Crippen LogP contribution in [0.5, 0.6) is 0 Å². The standard InChI is InChI=1S/C19H17BrN2O2/c1-24-19(23)12-4-2-11(3-5-12)17-18-14(8-9-21-17)15-10-13(20)6-7-16(15)22-18/h2-7,10,17,21-22H,8-9H2,1H3. The Balaban J connectivity index is 1.76. The van der Waals surface area contributed by atoms with Gasteiger partial charge in [0.2, 0.25) is 0 Å². The average Bonchev–Trinajstić information content (AvgIpc) is 2.99. The number of aromatic nitrogens is 1. The van der Waals surface area contributed by atoms with Gasteiger partial charge in [0.1, 0.15) is 0 Å². The van der Waals surface area contributed by atoms with Crippen molar-refractivity contribution in [1.82, 2.24) is 10.3 Å². The fraction of sp³-hybridized carbons (Fsp3) is 0.211. The molecule has 0 aliphatic carbocycles. The third-order valence-electron chi connectivity index (χ3n) is 4.58. The second-order valence-corrected chi connectivity index (χ2v) is 6.87. The highest BCUT2D eigenvalue weighted by Crippen LogP contribution is 2.34. The maximum atomic E-state index is 11.6. The predicted octanol–water partition coefficient (Wildman–Crippen LogP) is 3.95. The number of aromatic amines is 1. The molecule has 2 N–H and O–H groups in total. The Labute approximate surface area is 148 Å². The van der Waals surface area contributed by atoms with Gasteiger partial charge in [-0.3, -0.25) is 0 Å². The van der Waals surface area contributed by atoms with Crippen LogP contribution < -0.4 is 5.32 Å². The van der Waals surface area contributed by atoms with E-state index in [0.717, 1.165) is 28.5 Å². The van der Waals surface area contributed by atoms with Crippen LogP contribution in [0.15, 0.2) is 46.9 Å². The molecule has 0 radical (unpaired) electrons. The van der Waals surface area contributed by atoms with Gasteiger partial charge in [0.05, 0.1) is 18.7 Å². The molecule has 122 valence electrons. The van der Waals surface area contributed by atoms with Crippen molar-refractivity contribution in [2.24, 2.45) is 0 Å². The number of carbonyl (C=O) groups excluding carboxylic acids is 1. The molecule has 1 aliphatic rings. The van der Waals surface area contributed by atoms with E-state index in [1.807, 2.05) is 24.3 Å². The Morgan fingerprint density at radius 3 is 2.75 bits per heavy atom. The Bertz CT molecular complexity index is 915. The van der Waals surface area contributed by atoms with E-state index in [0.29, 0.717) is 5.56 Å². The third kappa shape index (κ3) is 2.54. The minimum absolute atomic E-state index is 0.103. The van der Waals surface area contributed by atoms with Crippen molar-refractivity contribution < 1.29 is 9.53 Å². The zero-order valence-corrected chi connectivity index (χ0v) is 14.8. The summed E-state index contributed by atoms with van der Waals surface area (Å²) in [6.45, 7) is 0.926. The van der Waals surface area contributed by atoms with Crippen LogP contribution in [0.1, 0.15) is 33.2 Å². The van der Waals surface area contributed by atoms with Gasteiger partial charge in [-0.25, -0.2) is 4.79 Å². The molecule has 0 saturated carbocycles. The molecular weight excluding hydrogens is 368 g/mol. The first-order chi connectivity index (χ1) is 11.7. The summed E-state index contributed by atoms with van der Waals surface area (Å²) in [5.41, 5.74) is 5.43. The summed E-state index contributed by atoms with van der Waals surface area (Å²) in [7, 11) is 1.40. The molecule has 24 heavy (non-hydrogen) atoms. The molecule has 0 spiro atoms. The van der Waals surface area contributed by atoms with E-state index in [9.17, 15) is 4.79 Å². The van der Waals surface area contributed by atoms with Gasteiger partial charge in [-0.15, -0.1) is 0 Å². The summed E-state index contributed by atoms with van der Waals surface area (Å²) in [4.78, 5) is 15.2. The second-order valence-electron chi connectivity index (χ2n) is 5.96. The average molecular weight is 385 g/mol. The number of fused-ring (bicyclic) bond motifs is 3. The number of methoxy groups -OCH3 is 1. The number of carbonyl (C=O) groups is 1. The smallest absolute Gasteiger partial charge is 0.337 e. The molecule has 1 unspecified atom stereocenters. The second kappa shape index (κ2) is 6.07. The van der Waals surface area contributed by atoms with Gasteiger partial charge in [0, 0.05) is 27.6 Å². The molecule has 1 atom stereocenters. The number of esters is 1. The number of ether oxygens (including phenoxy) is 1. The SMILES string of the molecule is COC(=O)c1ccc(C2NCCc3c2[nH]c2ccc(Br)cc32)cc1. The summed E-state index contributed by atoms with van der Waals surface area (Å²) in [5, 5.41) is 4.85. The Morgan fingerprint density at radius 2 is 2.00 bits per heavy atom. The molecule has 1 aliphatic heterocycles. The maximum absolute atomic E-state index is 11.6. The van der Waals surface area contributed by atoms with Crippen LogP contribution in [-0.2, 0) is 11.2 Å². The Kier molecular flexibility index (Phi) is 3.90. The summed E-state index contributed by atoms with van der Waals surface area (Å²) in [6.07, 6.45) is 1.00. The maximum Gasteiger partial charge on any atom is 0.337 e. The quantitative estimate of drug-likeness (QED) is 0.657. The lowest BCUT2D eigenvalue weighted by Crippen LogP contribution is -2.30. The van der Waals surface area contributed by atoms with Crippen LogP contribution in [-0.4, -0.2) is 24.6 Å². The molecule has 2 aromatic carbocycles. The van der Waals surface area contributed by atoms with Crippen LogP contribution in [0.4, 0.5) is 0 Å². The fourth-order valence-corrected chi connectivity index (χ4v) is 3.78. The van der Waals surface area contributed by atoms with Crippen molar-refractivity contribution in [3.63, 3.8) is 0 Å². The van der Waals surface area contributed by atoms with Crippen molar-refractivity contribution in [3.05, 3.63) is 69.3 Å². The van der Waals surface area contributed by atoms with E-state index >= 15 is 0 Å². The number of hydrogen-bond donors (Lipinski definition) is 2. The van der Waals surface area contributed by atoms with Gasteiger partial charge in [-0.1, -0.05) is 28.1 Å². The molecule has 0 fully saturated rings. The van der Waals surface area contributed by atoms with Gasteiger partial charge in [0.25, 0.3) is 0 Å². The monoisotopic (exact) mass is 384 g/mol. The van der Waals surface area contributed by atoms with Crippen LogP contribution in [0.3, 0.4) is 0 Å². The van der Waals surface area contributed by atoms with Gasteiger partial charge >= 0.3 is 5.97 Å². The largest absolute Gasteiger partial charge is 0.465 e. The lowest BCUT2D eigenvalue weighted by atomic mass is 9.94. The molecule has 0 bridgehead atoms. The minimum Gasteiger partial charge on any atom is -0.465 e. The highest BCUT2D eigenvalue weighted by Gasteiger charge is 2.25. The lowest BCUT2D eigenvalue weighted by Gasteiger charge is -2.25. The number of hydrogen-bond acceptors (Lipinski definition) is 3. The number of rotatable bonds is 2. The van der Waals surface area contributed by atoms with E-state index in [1.165, 1.54) is 23.8 Å². The van der Waals surface area contributed by atoms with E-state index in [4.69, 9.17) is 4.74 Å². The minimum atomic E-state index is -0.311. The van der Waals surface area contributed by atoms with Crippen LogP contribution in [0, 0.1) is 0 Å². The zero-order chi connectivity index (χ0) is 16.7. The van der Waals surface area contributed by atoms with Gasteiger partial charge < -0.3 is 15.0 Å². The van der Waals surface area contributed by atoms with Crippen LogP contribution in [0.25, 0.3) is 10.9 Å². The molecule has 0 saturated heterocycles. The molecule has 4 rings (SSSR count). The van der Waals surface area contributed by atoms with Crippen molar-refractivity contribution in [2.75, 3.05) is 13.7 Å². The fourth-order valence-electron chi connectivity index (χ4n) is 3.41. The van der Waals surface area contributed by atoms with E-state index in [2.05, 4.69) is 44.4 Å². The summed E-state index contributed by atoms with van der Waals surface area (Å²) in [5.74, 6) is -0.311. The van der Waals surface area contributed by atoms with Crippen molar-refractivity contribution >= 4 is 32.8 Å². The summed E-state index contributed by atoms with van der Waals surface area (Å²) < 4.78 is 5.86. The topological polar surface area (TPSA) is 54.1 Å². The molecule has 5 heteroatoms. The highest BCUT2D eigenvalue weighted by molar-refractivity contribution is 9.10. The first-order valence-electron chi connectivity index (χ1n) is 7.89. The Hall–Kier alpha value is -2.11. The Morgan fingerprint density at radius 1 is 1.21 bits per heavy atom. The third-order valence-corrected chi connectivity index (χ3v) is 5.07. The number of halogens is 1. The molecule has 1 aromatic heterocycles. The number of nitrogens with one attached hydrogen (secondary N) is 2. The number of benzene rings is 2. The van der Waals surface area contributed by atoms with Crippen LogP contribution in [0.2, 0.25) is 0 Å². The molecule has 2 heterocycles. The summed E-state index contributed by atoms with van der Waals surface area (Å²) >= 11 is 3.56. The van der Waals surface area contributed by atoms with Gasteiger partial charge in [0.15, 0.2) is 0 Å². The van der Waals surface area contributed by atoms with Gasteiger partial charge in [-0.2, -0.15) is 0 Å². The number of H-pyrrole nitrogens is 1. The van der Waals surface area contributed by atoms with Crippen LogP contribution >= 0.6 is 15.9 Å². The molecule has 0 amide bonds. The zero-order valence-electron chi connectivity index (χ0n) is 13.2. The molecule has 4 nitrogen and oxygen atoms in total. The van der Waals surface area contributed by atoms with Crippen molar-refractivity contribution in [2.45, 2.75) is 12.5 Å². The van der Waals surface area contributed by atoms with E-state index in [-0.39, 0.29) is 12.0 Å². The van der Waals surface area contributed by atoms with E-state index < -0.39 is 0 Å². The first kappa shape index (κ1) is 15.4. The van der Waals surface area contributed by atoms with Crippen molar-refractivity contribution in [3.8, 4) is 0 Å². The highest BCUT2D eigenvalue weighted by atomic mass is 79.9. The molecule has 3 aromatic rings. The normalized spacial score (nSPS) is 16.8. The first-order valence-corrected chi connectivity index (χ1v) is 8.68. The lowest BCUT2D eigenvalue weighted by molar-refractivity contribution is 0.0600. The molecular formula is C19H17BrN2O2. The van der Waals surface area contributed by atoms with E-state index in [1.54, 1.807) is 0 Å².